The maximum Gasteiger partial charge on any atom is 0.279 e. The highest BCUT2D eigenvalue weighted by molar-refractivity contribution is 7.92. The van der Waals surface area contributed by atoms with E-state index in [0.717, 1.165) is 11.1 Å². The summed E-state index contributed by atoms with van der Waals surface area (Å²) in [5.74, 6) is -1.64. The number of hydrogen-bond acceptors (Lipinski definition) is 7. The third-order valence-electron chi connectivity index (χ3n) is 4.81. The maximum absolute atomic E-state index is 13.1. The zero-order chi connectivity index (χ0) is 20.3. The summed E-state index contributed by atoms with van der Waals surface area (Å²) in [4.78, 5) is 12.0. The summed E-state index contributed by atoms with van der Waals surface area (Å²) in [6.07, 6.45) is 0.0842. The molecule has 0 radical (unpaired) electrons. The van der Waals surface area contributed by atoms with E-state index < -0.39 is 32.1 Å². The van der Waals surface area contributed by atoms with Gasteiger partial charge in [0.25, 0.3) is 5.91 Å². The molecule has 150 valence electrons. The molecule has 1 heterocycles. The lowest BCUT2D eigenvalue weighted by Gasteiger charge is -2.30. The molecular weight excluding hydrogens is 386 g/mol. The van der Waals surface area contributed by atoms with Crippen molar-refractivity contribution in [3.63, 3.8) is 0 Å². The zero-order valence-electron chi connectivity index (χ0n) is 15.2. The van der Waals surface area contributed by atoms with Gasteiger partial charge in [-0.15, -0.1) is 0 Å². The minimum Gasteiger partial charge on any atom is -0.496 e. The van der Waals surface area contributed by atoms with Crippen LogP contribution in [0.15, 0.2) is 53.4 Å². The van der Waals surface area contributed by atoms with Crippen molar-refractivity contribution in [3.05, 3.63) is 48.5 Å². The Hall–Kier alpha value is -2.46. The number of carbonyl (C=O) groups excluding carboxylic acids is 1. The Labute approximate surface area is 162 Å². The molecule has 1 aliphatic rings. The number of nitrogens with zero attached hydrogens (tertiary/aromatic N) is 1. The van der Waals surface area contributed by atoms with Crippen LogP contribution in [0.4, 0.5) is 0 Å². The Morgan fingerprint density at radius 2 is 1.82 bits per heavy atom. The van der Waals surface area contributed by atoms with Gasteiger partial charge in [0, 0.05) is 12.2 Å². The Bertz CT molecular complexity index is 941. The number of methoxy groups -OCH3 is 1. The fourth-order valence-electron chi connectivity index (χ4n) is 3.35. The average Bonchev–Trinajstić information content (AvgIpc) is 2.73. The highest BCUT2D eigenvalue weighted by Gasteiger charge is 2.42. The number of hydroxylamine groups is 2. The molecule has 3 rings (SSSR count). The van der Waals surface area contributed by atoms with Crippen molar-refractivity contribution in [1.82, 2.24) is 5.23 Å². The van der Waals surface area contributed by atoms with Crippen molar-refractivity contribution < 1.29 is 33.1 Å². The Kier molecular flexibility index (Phi) is 5.99. The van der Waals surface area contributed by atoms with Crippen LogP contribution in [-0.4, -0.2) is 55.5 Å². The Morgan fingerprint density at radius 1 is 1.14 bits per heavy atom. The third-order valence-corrected chi connectivity index (χ3v) is 7.10. The lowest BCUT2D eigenvalue weighted by atomic mass is 10.0. The molecule has 2 atom stereocenters. The van der Waals surface area contributed by atoms with Gasteiger partial charge >= 0.3 is 0 Å². The van der Waals surface area contributed by atoms with Crippen LogP contribution in [0.3, 0.4) is 0 Å². The molecular formula is C19H21NO7S. The van der Waals surface area contributed by atoms with Crippen LogP contribution >= 0.6 is 0 Å². The minimum absolute atomic E-state index is 0.0540. The summed E-state index contributed by atoms with van der Waals surface area (Å²) in [5, 5.41) is 16.4. The van der Waals surface area contributed by atoms with Crippen LogP contribution in [0.2, 0.25) is 0 Å². The second kappa shape index (κ2) is 8.27. The van der Waals surface area contributed by atoms with Crippen LogP contribution < -0.4 is 4.74 Å². The Morgan fingerprint density at radius 3 is 2.46 bits per heavy atom. The van der Waals surface area contributed by atoms with Gasteiger partial charge in [0.1, 0.15) is 5.75 Å². The van der Waals surface area contributed by atoms with E-state index in [2.05, 4.69) is 0 Å². The first kappa shape index (κ1) is 20.3. The first-order chi connectivity index (χ1) is 13.4. The van der Waals surface area contributed by atoms with Crippen molar-refractivity contribution in [1.29, 1.82) is 0 Å². The largest absolute Gasteiger partial charge is 0.496 e. The number of sulfone groups is 1. The van der Waals surface area contributed by atoms with Crippen molar-refractivity contribution >= 4 is 15.7 Å². The van der Waals surface area contributed by atoms with Gasteiger partial charge in [-0.2, -0.15) is 0 Å². The number of rotatable bonds is 5. The molecule has 28 heavy (non-hydrogen) atoms. The number of amides is 1. The normalized spacial score (nSPS) is 19.8. The first-order valence-electron chi connectivity index (χ1n) is 8.63. The summed E-state index contributed by atoms with van der Waals surface area (Å²) in [6, 6.07) is 13.7. The van der Waals surface area contributed by atoms with E-state index in [9.17, 15) is 13.2 Å². The predicted octanol–water partition coefficient (Wildman–Crippen LogP) is 2.15. The van der Waals surface area contributed by atoms with Crippen molar-refractivity contribution in [2.24, 2.45) is 5.92 Å². The Balaban J connectivity index is 1.92. The topological polar surface area (TPSA) is 113 Å². The van der Waals surface area contributed by atoms with Crippen LogP contribution in [0.5, 0.6) is 5.75 Å². The monoisotopic (exact) mass is 407 g/mol. The lowest BCUT2D eigenvalue weighted by molar-refractivity contribution is -0.289. The van der Waals surface area contributed by atoms with E-state index >= 15 is 0 Å². The lowest BCUT2D eigenvalue weighted by Crippen LogP contribution is -2.46. The maximum atomic E-state index is 13.1. The molecule has 1 aliphatic heterocycles. The van der Waals surface area contributed by atoms with Crippen LogP contribution in [0, 0.1) is 5.92 Å². The fourth-order valence-corrected chi connectivity index (χ4v) is 5.25. The van der Waals surface area contributed by atoms with Crippen molar-refractivity contribution in [2.45, 2.75) is 16.6 Å². The number of para-hydroxylation sites is 1. The summed E-state index contributed by atoms with van der Waals surface area (Å²) in [7, 11) is -2.32. The molecule has 1 amide bonds. The molecule has 1 fully saturated rings. The van der Waals surface area contributed by atoms with E-state index in [1.54, 1.807) is 19.2 Å². The molecule has 0 saturated carbocycles. The molecule has 0 aromatic heterocycles. The SMILES string of the molecule is COc1ccccc1-c1ccc(S(=O)(=O)C2CCOCC2C(=O)N(O)O)cc1. The van der Waals surface area contributed by atoms with Crippen molar-refractivity contribution in [3.8, 4) is 16.9 Å². The molecule has 0 spiro atoms. The van der Waals surface area contributed by atoms with Gasteiger partial charge in [0.05, 0.1) is 29.8 Å². The van der Waals surface area contributed by atoms with Gasteiger partial charge in [-0.05, 0) is 30.2 Å². The summed E-state index contributed by atoms with van der Waals surface area (Å²) in [5.41, 5.74) is 1.61. The predicted molar refractivity (Wildman–Crippen MR) is 98.7 cm³/mol. The highest BCUT2D eigenvalue weighted by Crippen LogP contribution is 2.33. The second-order valence-corrected chi connectivity index (χ2v) is 8.57. The van der Waals surface area contributed by atoms with Gasteiger partial charge in [-0.3, -0.25) is 15.2 Å². The fraction of sp³-hybridized carbons (Fsp3) is 0.316. The first-order valence-corrected chi connectivity index (χ1v) is 10.2. The average molecular weight is 407 g/mol. The molecule has 9 heteroatoms. The van der Waals surface area contributed by atoms with E-state index in [1.807, 2.05) is 24.3 Å². The van der Waals surface area contributed by atoms with Gasteiger partial charge in [0.2, 0.25) is 0 Å². The molecule has 2 aromatic carbocycles. The molecule has 2 N–H and O–H groups in total. The van der Waals surface area contributed by atoms with E-state index in [4.69, 9.17) is 19.9 Å². The van der Waals surface area contributed by atoms with Gasteiger partial charge in [0.15, 0.2) is 9.84 Å². The summed E-state index contributed by atoms with van der Waals surface area (Å²) >= 11 is 0. The highest BCUT2D eigenvalue weighted by atomic mass is 32.2. The van der Waals surface area contributed by atoms with Gasteiger partial charge < -0.3 is 9.47 Å². The number of ether oxygens (including phenoxy) is 2. The van der Waals surface area contributed by atoms with Gasteiger partial charge in [-0.25, -0.2) is 8.42 Å². The number of benzene rings is 2. The summed E-state index contributed by atoms with van der Waals surface area (Å²) < 4.78 is 36.7. The van der Waals surface area contributed by atoms with Crippen LogP contribution in [0.1, 0.15) is 6.42 Å². The quantitative estimate of drug-likeness (QED) is 0.577. The van der Waals surface area contributed by atoms with Crippen LogP contribution in [0.25, 0.3) is 11.1 Å². The van der Waals surface area contributed by atoms with E-state index in [-0.39, 0.29) is 24.5 Å². The number of carbonyl (C=O) groups is 1. The molecule has 0 bridgehead atoms. The van der Waals surface area contributed by atoms with E-state index in [1.165, 1.54) is 12.1 Å². The smallest absolute Gasteiger partial charge is 0.279 e. The number of hydrogen-bond donors (Lipinski definition) is 2. The van der Waals surface area contributed by atoms with Crippen molar-refractivity contribution in [2.75, 3.05) is 20.3 Å². The molecule has 2 unspecified atom stereocenters. The van der Waals surface area contributed by atoms with Gasteiger partial charge in [-0.1, -0.05) is 35.6 Å². The van der Waals surface area contributed by atoms with Crippen LogP contribution in [-0.2, 0) is 19.4 Å². The molecule has 8 nitrogen and oxygen atoms in total. The zero-order valence-corrected chi connectivity index (χ0v) is 16.0. The molecule has 2 aromatic rings. The summed E-state index contributed by atoms with van der Waals surface area (Å²) in [6.45, 7) is -0.0243. The standard InChI is InChI=1S/C19H21NO7S/c1-26-17-5-3-2-4-15(17)13-6-8-14(9-7-13)28(24,25)18-10-11-27-12-16(18)19(21)20(22)23/h2-9,16,18,22-23H,10-12H2,1H3. The van der Waals surface area contributed by atoms with E-state index in [0.29, 0.717) is 5.75 Å². The second-order valence-electron chi connectivity index (χ2n) is 6.41. The third kappa shape index (κ3) is 3.88. The molecule has 1 saturated heterocycles. The molecule has 0 aliphatic carbocycles. The minimum atomic E-state index is -3.89.